The van der Waals surface area contributed by atoms with Crippen LogP contribution in [-0.2, 0) is 16.1 Å². The van der Waals surface area contributed by atoms with Gasteiger partial charge in [0, 0.05) is 35.9 Å². The van der Waals surface area contributed by atoms with Crippen molar-refractivity contribution in [2.45, 2.75) is 32.0 Å². The fourth-order valence-electron chi connectivity index (χ4n) is 4.47. The quantitative estimate of drug-likeness (QED) is 0.560. The number of methoxy groups -OCH3 is 1. The first-order valence-electron chi connectivity index (χ1n) is 10.8. The Bertz CT molecular complexity index is 1370. The maximum absolute atomic E-state index is 14.3. The molecule has 1 fully saturated rings. The molecule has 3 aromatic rings. The molecule has 1 saturated heterocycles. The van der Waals surface area contributed by atoms with Gasteiger partial charge in [0.15, 0.2) is 11.6 Å². The van der Waals surface area contributed by atoms with Crippen molar-refractivity contribution in [3.8, 4) is 28.1 Å². The third-order valence-electron chi connectivity index (χ3n) is 6.19. The predicted octanol–water partition coefficient (Wildman–Crippen LogP) is 3.52. The molecule has 8 nitrogen and oxygen atoms in total. The minimum Gasteiger partial charge on any atom is -0.494 e. The van der Waals surface area contributed by atoms with Crippen molar-refractivity contribution in [2.75, 3.05) is 7.11 Å². The molecule has 0 aliphatic carbocycles. The summed E-state index contributed by atoms with van der Waals surface area (Å²) >= 11 is 0. The smallest absolute Gasteiger partial charge is 0.333 e. The van der Waals surface area contributed by atoms with Crippen LogP contribution in [0.15, 0.2) is 42.6 Å². The Balaban J connectivity index is 1.52. The van der Waals surface area contributed by atoms with E-state index < -0.39 is 24.3 Å². The SMILES string of the molecule is COc1ccc(-c2nn(C(F)F)cc2-c2ccc3c(c2)CN([C@@H]2CCC(=O)NC2=O)C3=O)cc1F. The molecule has 1 aromatic heterocycles. The van der Waals surface area contributed by atoms with Crippen LogP contribution in [0.25, 0.3) is 22.4 Å². The number of halogens is 3. The molecule has 180 valence electrons. The average molecular weight is 484 g/mol. The normalized spacial score (nSPS) is 17.7. The van der Waals surface area contributed by atoms with E-state index in [0.717, 1.165) is 6.07 Å². The van der Waals surface area contributed by atoms with E-state index in [-0.39, 0.29) is 48.2 Å². The molecule has 3 amide bonds. The number of rotatable bonds is 5. The van der Waals surface area contributed by atoms with Gasteiger partial charge in [0.05, 0.1) is 7.11 Å². The first-order valence-corrected chi connectivity index (χ1v) is 10.8. The minimum absolute atomic E-state index is 0.00757. The van der Waals surface area contributed by atoms with Crippen LogP contribution in [-0.4, -0.2) is 45.6 Å². The van der Waals surface area contributed by atoms with Gasteiger partial charge in [-0.15, -0.1) is 0 Å². The molecule has 0 saturated carbocycles. The summed E-state index contributed by atoms with van der Waals surface area (Å²) in [6.45, 7) is -2.78. The van der Waals surface area contributed by atoms with Gasteiger partial charge in [-0.25, -0.2) is 9.07 Å². The van der Waals surface area contributed by atoms with Gasteiger partial charge < -0.3 is 9.64 Å². The van der Waals surface area contributed by atoms with E-state index in [1.165, 1.54) is 30.3 Å². The maximum atomic E-state index is 14.3. The molecule has 1 atom stereocenters. The lowest BCUT2D eigenvalue weighted by molar-refractivity contribution is -0.136. The molecule has 2 aliphatic heterocycles. The second kappa shape index (κ2) is 8.57. The molecule has 35 heavy (non-hydrogen) atoms. The molecule has 11 heteroatoms. The summed E-state index contributed by atoms with van der Waals surface area (Å²) in [5.41, 5.74) is 2.23. The predicted molar refractivity (Wildman–Crippen MR) is 117 cm³/mol. The van der Waals surface area contributed by atoms with Crippen molar-refractivity contribution in [3.63, 3.8) is 0 Å². The Kier molecular flexibility index (Phi) is 5.54. The lowest BCUT2D eigenvalue weighted by Gasteiger charge is -2.29. The van der Waals surface area contributed by atoms with E-state index in [9.17, 15) is 27.6 Å². The van der Waals surface area contributed by atoms with Gasteiger partial charge in [-0.2, -0.15) is 13.9 Å². The lowest BCUT2D eigenvalue weighted by atomic mass is 9.98. The Morgan fingerprint density at radius 1 is 1.09 bits per heavy atom. The zero-order valence-electron chi connectivity index (χ0n) is 18.4. The zero-order chi connectivity index (χ0) is 24.9. The van der Waals surface area contributed by atoms with Gasteiger partial charge in [0.1, 0.15) is 11.7 Å². The van der Waals surface area contributed by atoms with E-state index >= 15 is 0 Å². The monoisotopic (exact) mass is 484 g/mol. The zero-order valence-corrected chi connectivity index (χ0v) is 18.4. The molecule has 0 bridgehead atoms. The van der Waals surface area contributed by atoms with Crippen molar-refractivity contribution >= 4 is 17.7 Å². The molecular weight excluding hydrogens is 465 g/mol. The number of carbonyl (C=O) groups excluding carboxylic acids is 3. The van der Waals surface area contributed by atoms with Gasteiger partial charge in [0.2, 0.25) is 11.8 Å². The Labute approximate surface area is 197 Å². The Morgan fingerprint density at radius 3 is 2.54 bits per heavy atom. The lowest BCUT2D eigenvalue weighted by Crippen LogP contribution is -2.52. The van der Waals surface area contributed by atoms with Crippen LogP contribution in [0, 0.1) is 5.82 Å². The summed E-state index contributed by atoms with van der Waals surface area (Å²) in [5.74, 6) is -1.90. The van der Waals surface area contributed by atoms with E-state index in [0.29, 0.717) is 26.9 Å². The van der Waals surface area contributed by atoms with Gasteiger partial charge in [-0.05, 0) is 47.9 Å². The van der Waals surface area contributed by atoms with Crippen LogP contribution in [0.4, 0.5) is 13.2 Å². The van der Waals surface area contributed by atoms with E-state index in [1.807, 2.05) is 0 Å². The van der Waals surface area contributed by atoms with Gasteiger partial charge in [0.25, 0.3) is 5.91 Å². The summed E-state index contributed by atoms with van der Waals surface area (Å²) < 4.78 is 46.7. The van der Waals surface area contributed by atoms with Crippen LogP contribution in [0.5, 0.6) is 5.75 Å². The van der Waals surface area contributed by atoms with Gasteiger partial charge in [-0.1, -0.05) is 6.07 Å². The highest BCUT2D eigenvalue weighted by Gasteiger charge is 2.39. The first-order chi connectivity index (χ1) is 16.8. The van der Waals surface area contributed by atoms with Crippen LogP contribution in [0.3, 0.4) is 0 Å². The van der Waals surface area contributed by atoms with Crippen LogP contribution in [0.1, 0.15) is 35.3 Å². The van der Waals surface area contributed by atoms with Crippen LogP contribution in [0.2, 0.25) is 0 Å². The Morgan fingerprint density at radius 2 is 1.86 bits per heavy atom. The second-order valence-corrected chi connectivity index (χ2v) is 8.27. The number of aromatic nitrogens is 2. The fraction of sp³-hybridized carbons (Fsp3) is 0.250. The number of piperidine rings is 1. The number of nitrogens with zero attached hydrogens (tertiary/aromatic N) is 3. The summed E-state index contributed by atoms with van der Waals surface area (Å²) in [4.78, 5) is 38.1. The summed E-state index contributed by atoms with van der Waals surface area (Å²) in [5, 5.41) is 6.21. The number of fused-ring (bicyclic) bond motifs is 1. The molecule has 2 aliphatic rings. The largest absolute Gasteiger partial charge is 0.494 e. The number of hydrogen-bond donors (Lipinski definition) is 1. The standard InChI is InChI=1S/C24H19F3N4O4/c1-35-19-6-3-13(9-17(19)25)21-16(11-31(29-21)24(26)27)12-2-4-15-14(8-12)10-30(23(15)34)18-5-7-20(32)28-22(18)33/h2-4,6,8-9,11,18,24H,5,7,10H2,1H3,(H,28,32,33)/t18-/m1/s1. The number of ether oxygens (including phenoxy) is 1. The molecule has 0 spiro atoms. The number of amides is 3. The van der Waals surface area contributed by atoms with Crippen LogP contribution >= 0.6 is 0 Å². The van der Waals surface area contributed by atoms with Gasteiger partial charge in [-0.3, -0.25) is 19.7 Å². The van der Waals surface area contributed by atoms with Crippen LogP contribution < -0.4 is 10.1 Å². The number of nitrogens with one attached hydrogen (secondary N) is 1. The average Bonchev–Trinajstić information content (AvgIpc) is 3.41. The summed E-state index contributed by atoms with van der Waals surface area (Å²) in [7, 11) is 1.32. The van der Waals surface area contributed by atoms with Gasteiger partial charge >= 0.3 is 6.55 Å². The van der Waals surface area contributed by atoms with Crippen molar-refractivity contribution in [3.05, 3.63) is 59.5 Å². The fourth-order valence-corrected chi connectivity index (χ4v) is 4.47. The molecule has 2 aromatic carbocycles. The maximum Gasteiger partial charge on any atom is 0.333 e. The number of hydrogen-bond acceptors (Lipinski definition) is 5. The highest BCUT2D eigenvalue weighted by Crippen LogP contribution is 2.37. The third kappa shape index (κ3) is 3.92. The minimum atomic E-state index is -2.91. The van der Waals surface area contributed by atoms with E-state index in [1.54, 1.807) is 18.2 Å². The van der Waals surface area contributed by atoms with Crippen molar-refractivity contribution < 1.29 is 32.3 Å². The molecule has 5 rings (SSSR count). The van der Waals surface area contributed by atoms with Crippen molar-refractivity contribution in [1.82, 2.24) is 20.0 Å². The highest BCUT2D eigenvalue weighted by molar-refractivity contribution is 6.05. The molecule has 1 N–H and O–H groups in total. The summed E-state index contributed by atoms with van der Waals surface area (Å²) in [6, 6.07) is 8.13. The van der Waals surface area contributed by atoms with Crippen molar-refractivity contribution in [2.24, 2.45) is 0 Å². The topological polar surface area (TPSA) is 93.5 Å². The molecule has 0 radical (unpaired) electrons. The first kappa shape index (κ1) is 22.6. The second-order valence-electron chi connectivity index (χ2n) is 8.27. The van der Waals surface area contributed by atoms with E-state index in [4.69, 9.17) is 4.74 Å². The summed E-state index contributed by atoms with van der Waals surface area (Å²) in [6.07, 6.45) is 1.53. The number of carbonyl (C=O) groups is 3. The Hall–Kier alpha value is -4.15. The van der Waals surface area contributed by atoms with Crippen molar-refractivity contribution in [1.29, 1.82) is 0 Å². The number of alkyl halides is 2. The molecule has 3 heterocycles. The number of imide groups is 1. The number of benzene rings is 2. The molecular formula is C24H19F3N4O4. The highest BCUT2D eigenvalue weighted by atomic mass is 19.3. The van der Waals surface area contributed by atoms with E-state index in [2.05, 4.69) is 10.4 Å². The third-order valence-corrected chi connectivity index (χ3v) is 6.19. The molecule has 0 unspecified atom stereocenters.